The van der Waals surface area contributed by atoms with Gasteiger partial charge in [-0.25, -0.2) is 9.40 Å². The molecule has 0 unspecified atom stereocenters. The molecule has 1 amide bonds. The Morgan fingerprint density at radius 3 is 2.78 bits per heavy atom. The van der Waals surface area contributed by atoms with Crippen molar-refractivity contribution in [3.8, 4) is 6.07 Å². The third-order valence-corrected chi connectivity index (χ3v) is 3.68. The van der Waals surface area contributed by atoms with Gasteiger partial charge in [-0.2, -0.15) is 10.4 Å². The van der Waals surface area contributed by atoms with Crippen molar-refractivity contribution in [1.82, 2.24) is 5.01 Å². The Balaban J connectivity index is 1.72. The summed E-state index contributed by atoms with van der Waals surface area (Å²) < 4.78 is 12.9. The number of hydrazone groups is 1. The predicted octanol–water partition coefficient (Wildman–Crippen LogP) is 2.88. The van der Waals surface area contributed by atoms with Crippen LogP contribution in [0, 0.1) is 17.1 Å². The van der Waals surface area contributed by atoms with Crippen molar-refractivity contribution >= 4 is 11.6 Å². The summed E-state index contributed by atoms with van der Waals surface area (Å²) in [5.74, 6) is -0.442. The van der Waals surface area contributed by atoms with Crippen LogP contribution >= 0.6 is 0 Å². The summed E-state index contributed by atoms with van der Waals surface area (Å²) in [5, 5.41) is 14.8. The molecule has 0 atom stereocenters. The number of nitrogens with zero attached hydrogens (tertiary/aromatic N) is 3. The number of halogens is 1. The molecule has 0 bridgehead atoms. The molecule has 1 aliphatic heterocycles. The Labute approximate surface area is 133 Å². The zero-order valence-corrected chi connectivity index (χ0v) is 12.4. The van der Waals surface area contributed by atoms with E-state index in [1.165, 1.54) is 17.1 Å². The number of benzene rings is 2. The molecular weight excluding hydrogens is 293 g/mol. The molecule has 1 heterocycles. The van der Waals surface area contributed by atoms with E-state index in [2.05, 4.69) is 11.2 Å². The Bertz CT molecular complexity index is 806. The number of carbonyl (C=O) groups excluding carboxylic acids is 1. The summed E-state index contributed by atoms with van der Waals surface area (Å²) in [7, 11) is 0. The number of hydrogen-bond donors (Lipinski definition) is 0. The average molecular weight is 307 g/mol. The highest BCUT2D eigenvalue weighted by molar-refractivity contribution is 6.03. The lowest BCUT2D eigenvalue weighted by Crippen LogP contribution is -2.25. The first-order valence-electron chi connectivity index (χ1n) is 7.28. The van der Waals surface area contributed by atoms with E-state index in [1.807, 2.05) is 6.07 Å². The maximum absolute atomic E-state index is 12.9. The second-order valence-corrected chi connectivity index (χ2v) is 5.31. The highest BCUT2D eigenvalue weighted by Gasteiger charge is 2.21. The van der Waals surface area contributed by atoms with Gasteiger partial charge in [-0.3, -0.25) is 4.79 Å². The van der Waals surface area contributed by atoms with Crippen molar-refractivity contribution in [2.24, 2.45) is 5.10 Å². The SMILES string of the molecule is N#Cc1cccc(C2=NN(C(=O)Cc3ccc(F)cc3)CC2)c1. The predicted molar refractivity (Wildman–Crippen MR) is 84.1 cm³/mol. The number of hydrogen-bond acceptors (Lipinski definition) is 3. The first kappa shape index (κ1) is 14.9. The van der Waals surface area contributed by atoms with Crippen LogP contribution in [-0.2, 0) is 11.2 Å². The molecule has 0 radical (unpaired) electrons. The third kappa shape index (κ3) is 3.43. The summed E-state index contributed by atoms with van der Waals surface area (Å²) in [6.07, 6.45) is 0.847. The molecule has 0 aromatic heterocycles. The van der Waals surface area contributed by atoms with Crippen molar-refractivity contribution in [3.63, 3.8) is 0 Å². The van der Waals surface area contributed by atoms with Gasteiger partial charge in [0.15, 0.2) is 0 Å². The lowest BCUT2D eigenvalue weighted by Gasteiger charge is -2.11. The fourth-order valence-electron chi connectivity index (χ4n) is 2.48. The monoisotopic (exact) mass is 307 g/mol. The largest absolute Gasteiger partial charge is 0.273 e. The van der Waals surface area contributed by atoms with Gasteiger partial charge in [0.2, 0.25) is 5.91 Å². The van der Waals surface area contributed by atoms with Crippen molar-refractivity contribution in [2.75, 3.05) is 6.54 Å². The fourth-order valence-corrected chi connectivity index (χ4v) is 2.48. The number of nitriles is 1. The van der Waals surface area contributed by atoms with Gasteiger partial charge in [-0.15, -0.1) is 0 Å². The van der Waals surface area contributed by atoms with Crippen LogP contribution in [0.2, 0.25) is 0 Å². The molecule has 0 fully saturated rings. The Kier molecular flexibility index (Phi) is 4.15. The van der Waals surface area contributed by atoms with E-state index in [-0.39, 0.29) is 18.1 Å². The Hall–Kier alpha value is -3.00. The summed E-state index contributed by atoms with van der Waals surface area (Å²) in [5.41, 5.74) is 2.99. The molecule has 0 N–H and O–H groups in total. The zero-order valence-electron chi connectivity index (χ0n) is 12.4. The van der Waals surface area contributed by atoms with Crippen LogP contribution in [-0.4, -0.2) is 23.2 Å². The Morgan fingerprint density at radius 2 is 2.04 bits per heavy atom. The number of amides is 1. The second-order valence-electron chi connectivity index (χ2n) is 5.31. The van der Waals surface area contributed by atoms with E-state index in [0.29, 0.717) is 18.5 Å². The van der Waals surface area contributed by atoms with Gasteiger partial charge in [-0.1, -0.05) is 24.3 Å². The van der Waals surface area contributed by atoms with Crippen molar-refractivity contribution in [1.29, 1.82) is 5.26 Å². The maximum atomic E-state index is 12.9. The molecule has 0 aliphatic carbocycles. The number of carbonyl (C=O) groups is 1. The molecule has 3 rings (SSSR count). The van der Waals surface area contributed by atoms with Gasteiger partial charge in [0.25, 0.3) is 0 Å². The van der Waals surface area contributed by atoms with E-state index >= 15 is 0 Å². The maximum Gasteiger partial charge on any atom is 0.247 e. The minimum atomic E-state index is -0.319. The third-order valence-electron chi connectivity index (χ3n) is 3.68. The molecule has 23 heavy (non-hydrogen) atoms. The van der Waals surface area contributed by atoms with Crippen LogP contribution in [0.3, 0.4) is 0 Å². The molecule has 0 saturated carbocycles. The van der Waals surface area contributed by atoms with Gasteiger partial charge in [0, 0.05) is 6.42 Å². The minimum Gasteiger partial charge on any atom is -0.273 e. The molecule has 0 spiro atoms. The lowest BCUT2D eigenvalue weighted by atomic mass is 10.1. The second kappa shape index (κ2) is 6.41. The van der Waals surface area contributed by atoms with Crippen molar-refractivity contribution < 1.29 is 9.18 Å². The molecule has 2 aromatic carbocycles. The summed E-state index contributed by atoms with van der Waals surface area (Å²) >= 11 is 0. The van der Waals surface area contributed by atoms with Crippen LogP contribution in [0.5, 0.6) is 0 Å². The molecule has 4 nitrogen and oxygen atoms in total. The average Bonchev–Trinajstić information content (AvgIpc) is 3.07. The van der Waals surface area contributed by atoms with Gasteiger partial charge in [0.1, 0.15) is 5.82 Å². The Morgan fingerprint density at radius 1 is 1.26 bits per heavy atom. The molecular formula is C18H14FN3O. The lowest BCUT2D eigenvalue weighted by molar-refractivity contribution is -0.130. The van der Waals surface area contributed by atoms with Crippen LogP contribution in [0.15, 0.2) is 53.6 Å². The molecule has 5 heteroatoms. The first-order chi connectivity index (χ1) is 11.2. The summed E-state index contributed by atoms with van der Waals surface area (Å²) in [6.45, 7) is 0.520. The van der Waals surface area contributed by atoms with E-state index in [1.54, 1.807) is 30.3 Å². The smallest absolute Gasteiger partial charge is 0.247 e. The van der Waals surface area contributed by atoms with Crippen molar-refractivity contribution in [2.45, 2.75) is 12.8 Å². The first-order valence-corrected chi connectivity index (χ1v) is 7.28. The molecule has 1 aliphatic rings. The van der Waals surface area contributed by atoms with Crippen LogP contribution < -0.4 is 0 Å². The van der Waals surface area contributed by atoms with Crippen LogP contribution in [0.25, 0.3) is 0 Å². The summed E-state index contributed by atoms with van der Waals surface area (Å²) in [6, 6.07) is 15.2. The highest BCUT2D eigenvalue weighted by atomic mass is 19.1. The van der Waals surface area contributed by atoms with E-state index in [0.717, 1.165) is 16.8 Å². The molecule has 2 aromatic rings. The number of rotatable bonds is 3. The topological polar surface area (TPSA) is 56.5 Å². The van der Waals surface area contributed by atoms with Gasteiger partial charge >= 0.3 is 0 Å². The molecule has 0 saturated heterocycles. The highest BCUT2D eigenvalue weighted by Crippen LogP contribution is 2.16. The fraction of sp³-hybridized carbons (Fsp3) is 0.167. The van der Waals surface area contributed by atoms with Crippen LogP contribution in [0.4, 0.5) is 4.39 Å². The van der Waals surface area contributed by atoms with Crippen molar-refractivity contribution in [3.05, 3.63) is 71.0 Å². The quantitative estimate of drug-likeness (QED) is 0.875. The van der Waals surface area contributed by atoms with E-state index < -0.39 is 0 Å². The van der Waals surface area contributed by atoms with Gasteiger partial charge in [-0.05, 0) is 35.4 Å². The standard InChI is InChI=1S/C18H14FN3O/c19-16-6-4-13(5-7-16)11-18(23)22-9-8-17(21-22)15-3-1-2-14(10-15)12-20/h1-7,10H,8-9,11H2. The van der Waals surface area contributed by atoms with Gasteiger partial charge < -0.3 is 0 Å². The van der Waals surface area contributed by atoms with E-state index in [9.17, 15) is 9.18 Å². The minimum absolute atomic E-state index is 0.122. The van der Waals surface area contributed by atoms with Crippen LogP contribution in [0.1, 0.15) is 23.1 Å². The van der Waals surface area contributed by atoms with E-state index in [4.69, 9.17) is 5.26 Å². The zero-order chi connectivity index (χ0) is 16.2. The normalized spacial score (nSPS) is 13.6. The summed E-state index contributed by atoms with van der Waals surface area (Å²) in [4.78, 5) is 12.3. The molecule has 114 valence electrons. The van der Waals surface area contributed by atoms with Gasteiger partial charge in [0.05, 0.1) is 30.3 Å².